The van der Waals surface area contributed by atoms with Gasteiger partial charge in [0, 0.05) is 34.7 Å². The molecule has 3 aliphatic rings. The van der Waals surface area contributed by atoms with Crippen LogP contribution >= 0.6 is 0 Å². The van der Waals surface area contributed by atoms with Crippen LogP contribution < -0.4 is 0 Å². The van der Waals surface area contributed by atoms with Crippen molar-refractivity contribution in [2.24, 2.45) is 10.9 Å². The standard InChI is InChI=1S/C23H19NO2/c1-13-9-11-14(12-10-13)19-20-17(7-4-8-18(20)25)24-22-15-5-2-3-6-16(15)23(26)21(19)22/h2-3,5-6,9-12,19,21H,4,7-8H2,1H3/t19-,21+/m0/s1. The molecule has 0 saturated carbocycles. The highest BCUT2D eigenvalue weighted by Gasteiger charge is 2.48. The average Bonchev–Trinajstić information content (AvgIpc) is 2.94. The van der Waals surface area contributed by atoms with Gasteiger partial charge in [-0.25, -0.2) is 0 Å². The second kappa shape index (κ2) is 5.60. The number of Topliss-reactive ketones (excluding diaryl/α,β-unsaturated/α-hetero) is 2. The van der Waals surface area contributed by atoms with Crippen molar-refractivity contribution in [2.45, 2.75) is 32.1 Å². The summed E-state index contributed by atoms with van der Waals surface area (Å²) in [5, 5.41) is 0. The summed E-state index contributed by atoms with van der Waals surface area (Å²) in [5.41, 5.74) is 6.40. The normalized spacial score (nSPS) is 24.1. The quantitative estimate of drug-likeness (QED) is 0.772. The third-order valence-corrected chi connectivity index (χ3v) is 5.81. The molecular formula is C23H19NO2. The van der Waals surface area contributed by atoms with Crippen molar-refractivity contribution in [3.05, 3.63) is 82.1 Å². The number of fused-ring (bicyclic) bond motifs is 3. The van der Waals surface area contributed by atoms with Gasteiger partial charge in [0.05, 0.1) is 11.6 Å². The number of carbonyl (C=O) groups is 2. The van der Waals surface area contributed by atoms with E-state index in [2.05, 4.69) is 24.3 Å². The van der Waals surface area contributed by atoms with E-state index >= 15 is 0 Å². The molecule has 0 aromatic heterocycles. The maximum atomic E-state index is 13.2. The van der Waals surface area contributed by atoms with Gasteiger partial charge in [-0.1, -0.05) is 54.1 Å². The second-order valence-electron chi connectivity index (χ2n) is 7.41. The minimum Gasteiger partial charge on any atom is -0.294 e. The lowest BCUT2D eigenvalue weighted by Gasteiger charge is -2.33. The Bertz CT molecular complexity index is 1010. The predicted molar refractivity (Wildman–Crippen MR) is 101 cm³/mol. The van der Waals surface area contributed by atoms with Gasteiger partial charge in [-0.15, -0.1) is 0 Å². The van der Waals surface area contributed by atoms with Gasteiger partial charge in [-0.2, -0.15) is 0 Å². The van der Waals surface area contributed by atoms with E-state index in [0.29, 0.717) is 6.42 Å². The zero-order valence-electron chi connectivity index (χ0n) is 14.7. The van der Waals surface area contributed by atoms with Gasteiger partial charge < -0.3 is 0 Å². The van der Waals surface area contributed by atoms with Crippen molar-refractivity contribution in [3.63, 3.8) is 0 Å². The topological polar surface area (TPSA) is 46.5 Å². The van der Waals surface area contributed by atoms with Gasteiger partial charge in [0.1, 0.15) is 0 Å². The summed E-state index contributed by atoms with van der Waals surface area (Å²) in [6, 6.07) is 15.9. The minimum absolute atomic E-state index is 0.0925. The highest BCUT2D eigenvalue weighted by molar-refractivity contribution is 6.30. The van der Waals surface area contributed by atoms with Crippen LogP contribution in [-0.2, 0) is 4.79 Å². The van der Waals surface area contributed by atoms with Gasteiger partial charge in [0.15, 0.2) is 11.6 Å². The van der Waals surface area contributed by atoms with E-state index in [1.165, 1.54) is 5.56 Å². The molecule has 2 atom stereocenters. The number of nitrogens with zero attached hydrogens (tertiary/aromatic N) is 1. The van der Waals surface area contributed by atoms with Crippen molar-refractivity contribution < 1.29 is 9.59 Å². The molecule has 2 aliphatic carbocycles. The van der Waals surface area contributed by atoms with Crippen LogP contribution in [-0.4, -0.2) is 17.3 Å². The summed E-state index contributed by atoms with van der Waals surface area (Å²) >= 11 is 0. The first-order valence-corrected chi connectivity index (χ1v) is 9.20. The zero-order valence-corrected chi connectivity index (χ0v) is 14.7. The molecule has 2 aromatic carbocycles. The van der Waals surface area contributed by atoms with Crippen molar-refractivity contribution >= 4 is 17.3 Å². The highest BCUT2D eigenvalue weighted by atomic mass is 16.1. The highest BCUT2D eigenvalue weighted by Crippen LogP contribution is 2.48. The van der Waals surface area contributed by atoms with E-state index in [0.717, 1.165) is 46.5 Å². The van der Waals surface area contributed by atoms with Crippen LogP contribution in [0.25, 0.3) is 0 Å². The Morgan fingerprint density at radius 1 is 0.885 bits per heavy atom. The van der Waals surface area contributed by atoms with E-state index in [-0.39, 0.29) is 23.4 Å². The van der Waals surface area contributed by atoms with E-state index < -0.39 is 0 Å². The number of carbonyl (C=O) groups excluding carboxylic acids is 2. The van der Waals surface area contributed by atoms with Crippen LogP contribution in [0.4, 0.5) is 0 Å². The maximum absolute atomic E-state index is 13.2. The summed E-state index contributed by atoms with van der Waals surface area (Å²) in [4.78, 5) is 30.9. The molecule has 0 fully saturated rings. The number of rotatable bonds is 1. The van der Waals surface area contributed by atoms with E-state index in [4.69, 9.17) is 4.99 Å². The fraction of sp³-hybridized carbons (Fsp3) is 0.261. The number of hydrogen-bond donors (Lipinski definition) is 0. The Kier molecular flexibility index (Phi) is 3.33. The molecule has 128 valence electrons. The lowest BCUT2D eigenvalue weighted by molar-refractivity contribution is -0.116. The summed E-state index contributed by atoms with van der Waals surface area (Å²) in [5.74, 6) is -0.347. The molecule has 0 amide bonds. The molecule has 0 bridgehead atoms. The Morgan fingerprint density at radius 3 is 2.38 bits per heavy atom. The van der Waals surface area contributed by atoms with E-state index in [1.54, 1.807) is 0 Å². The van der Waals surface area contributed by atoms with E-state index in [9.17, 15) is 9.59 Å². The summed E-state index contributed by atoms with van der Waals surface area (Å²) in [6.45, 7) is 2.05. The molecule has 0 N–H and O–H groups in total. The maximum Gasteiger partial charge on any atom is 0.173 e. The first kappa shape index (κ1) is 15.4. The third-order valence-electron chi connectivity index (χ3n) is 5.81. The van der Waals surface area contributed by atoms with Crippen molar-refractivity contribution in [3.8, 4) is 0 Å². The fourth-order valence-corrected chi connectivity index (χ4v) is 4.58. The minimum atomic E-state index is -0.379. The first-order valence-electron chi connectivity index (χ1n) is 9.20. The van der Waals surface area contributed by atoms with Gasteiger partial charge in [0.25, 0.3) is 0 Å². The van der Waals surface area contributed by atoms with Crippen LogP contribution in [0, 0.1) is 12.8 Å². The molecule has 1 heterocycles. The van der Waals surface area contributed by atoms with Crippen molar-refractivity contribution in [1.29, 1.82) is 0 Å². The Hall–Kier alpha value is -2.81. The second-order valence-corrected chi connectivity index (χ2v) is 7.41. The zero-order chi connectivity index (χ0) is 17.8. The Morgan fingerprint density at radius 2 is 1.62 bits per heavy atom. The number of ketones is 2. The molecule has 3 nitrogen and oxygen atoms in total. The van der Waals surface area contributed by atoms with Crippen LogP contribution in [0.15, 0.2) is 64.8 Å². The number of hydrogen-bond acceptors (Lipinski definition) is 3. The number of aryl methyl sites for hydroxylation is 1. The number of benzene rings is 2. The smallest absolute Gasteiger partial charge is 0.173 e. The van der Waals surface area contributed by atoms with E-state index in [1.807, 2.05) is 31.2 Å². The van der Waals surface area contributed by atoms with Gasteiger partial charge in [-0.05, 0) is 25.3 Å². The predicted octanol–water partition coefficient (Wildman–Crippen LogP) is 4.40. The SMILES string of the molecule is Cc1ccc([C@H]2C3=C(CCCC3=O)N=C3c4ccccc4C(=O)[C@@H]32)cc1. The molecular weight excluding hydrogens is 322 g/mol. The molecule has 3 heteroatoms. The van der Waals surface area contributed by atoms with Gasteiger partial charge >= 0.3 is 0 Å². The number of allylic oxidation sites excluding steroid dienone is 2. The van der Waals surface area contributed by atoms with Crippen LogP contribution in [0.5, 0.6) is 0 Å². The summed E-state index contributed by atoms with van der Waals surface area (Å²) in [7, 11) is 0. The van der Waals surface area contributed by atoms with Gasteiger partial charge in [-0.3, -0.25) is 14.6 Å². The van der Waals surface area contributed by atoms with Gasteiger partial charge in [0.2, 0.25) is 0 Å². The molecule has 26 heavy (non-hydrogen) atoms. The molecule has 0 saturated heterocycles. The first-order chi connectivity index (χ1) is 12.6. The molecule has 2 aromatic rings. The molecule has 5 rings (SSSR count). The number of aliphatic imine (C=N–C) groups is 1. The molecule has 1 aliphatic heterocycles. The molecule has 0 spiro atoms. The van der Waals surface area contributed by atoms with Crippen LogP contribution in [0.2, 0.25) is 0 Å². The summed E-state index contributed by atoms with van der Waals surface area (Å²) in [6.07, 6.45) is 2.21. The monoisotopic (exact) mass is 341 g/mol. The largest absolute Gasteiger partial charge is 0.294 e. The molecule has 0 radical (unpaired) electrons. The average molecular weight is 341 g/mol. The lowest BCUT2D eigenvalue weighted by Crippen LogP contribution is -2.33. The fourth-order valence-electron chi connectivity index (χ4n) is 4.58. The lowest BCUT2D eigenvalue weighted by atomic mass is 9.71. The van der Waals surface area contributed by atoms with Crippen molar-refractivity contribution in [1.82, 2.24) is 0 Å². The third kappa shape index (κ3) is 2.10. The van der Waals surface area contributed by atoms with Crippen molar-refractivity contribution in [2.75, 3.05) is 0 Å². The molecule has 0 unspecified atom stereocenters. The summed E-state index contributed by atoms with van der Waals surface area (Å²) < 4.78 is 0. The van der Waals surface area contributed by atoms with Crippen LogP contribution in [0.3, 0.4) is 0 Å². The Labute approximate surface area is 152 Å². The Balaban J connectivity index is 1.76. The van der Waals surface area contributed by atoms with Crippen LogP contribution in [0.1, 0.15) is 52.2 Å².